The minimum atomic E-state index is -0.627. The highest BCUT2D eigenvalue weighted by Gasteiger charge is 2.32. The summed E-state index contributed by atoms with van der Waals surface area (Å²) in [7, 11) is 0. The van der Waals surface area contributed by atoms with E-state index in [1.54, 1.807) is 0 Å². The van der Waals surface area contributed by atoms with Crippen molar-refractivity contribution in [3.63, 3.8) is 0 Å². The van der Waals surface area contributed by atoms with Crippen molar-refractivity contribution in [1.29, 1.82) is 0 Å². The highest BCUT2D eigenvalue weighted by molar-refractivity contribution is 9.10. The predicted octanol–water partition coefficient (Wildman–Crippen LogP) is 2.28. The third-order valence-corrected chi connectivity index (χ3v) is 4.02. The second-order valence-corrected chi connectivity index (χ2v) is 5.84. The molecule has 1 atom stereocenters. The molecule has 20 heavy (non-hydrogen) atoms. The van der Waals surface area contributed by atoms with E-state index >= 15 is 0 Å². The van der Waals surface area contributed by atoms with Crippen LogP contribution in [0.1, 0.15) is 12.0 Å². The van der Waals surface area contributed by atoms with E-state index in [1.165, 1.54) is 11.0 Å². The van der Waals surface area contributed by atoms with Crippen LogP contribution >= 0.6 is 15.9 Å². The molecule has 2 heterocycles. The van der Waals surface area contributed by atoms with Gasteiger partial charge in [0.25, 0.3) is 5.91 Å². The van der Waals surface area contributed by atoms with E-state index in [2.05, 4.69) is 15.9 Å². The minimum Gasteiger partial charge on any atom is -0.376 e. The second-order valence-electron chi connectivity index (χ2n) is 4.92. The van der Waals surface area contributed by atoms with Gasteiger partial charge in [-0.25, -0.2) is 4.39 Å². The molecule has 2 aliphatic rings. The van der Waals surface area contributed by atoms with E-state index in [0.29, 0.717) is 29.9 Å². The molecule has 1 aromatic carbocycles. The average molecular weight is 344 g/mol. The summed E-state index contributed by atoms with van der Waals surface area (Å²) in [6.45, 7) is 1.66. The van der Waals surface area contributed by atoms with Crippen molar-refractivity contribution < 1.29 is 18.7 Å². The summed E-state index contributed by atoms with van der Waals surface area (Å²) < 4.78 is 25.6. The summed E-state index contributed by atoms with van der Waals surface area (Å²) in [6, 6.07) is 3.26. The van der Waals surface area contributed by atoms with Crippen molar-refractivity contribution in [2.24, 2.45) is 0 Å². The molecule has 0 saturated carbocycles. The number of anilines is 1. The molecule has 1 amide bonds. The van der Waals surface area contributed by atoms with Crippen LogP contribution in [-0.2, 0) is 20.7 Å². The fraction of sp³-hybridized carbons (Fsp3) is 0.500. The molecule has 1 unspecified atom stereocenters. The molecule has 4 nitrogen and oxygen atoms in total. The molecule has 6 heteroatoms. The van der Waals surface area contributed by atoms with Gasteiger partial charge in [0.2, 0.25) is 0 Å². The lowest BCUT2D eigenvalue weighted by molar-refractivity contribution is -0.144. The summed E-state index contributed by atoms with van der Waals surface area (Å²) in [5.74, 6) is -0.592. The third-order valence-electron chi connectivity index (χ3n) is 3.56. The molecular formula is C14H15BrFNO3. The summed E-state index contributed by atoms with van der Waals surface area (Å²) in [5.41, 5.74) is 1.24. The molecule has 0 aromatic heterocycles. The summed E-state index contributed by atoms with van der Waals surface area (Å²) in [4.78, 5) is 14.0. The first-order valence-corrected chi connectivity index (χ1v) is 7.45. The first kappa shape index (κ1) is 14.0. The van der Waals surface area contributed by atoms with Crippen molar-refractivity contribution in [3.8, 4) is 0 Å². The minimum absolute atomic E-state index is 0.216. The van der Waals surface area contributed by atoms with Gasteiger partial charge in [0.1, 0.15) is 5.82 Å². The molecule has 0 aliphatic carbocycles. The van der Waals surface area contributed by atoms with Gasteiger partial charge in [-0.05, 0) is 30.5 Å². The van der Waals surface area contributed by atoms with Crippen molar-refractivity contribution in [2.45, 2.75) is 18.9 Å². The lowest BCUT2D eigenvalue weighted by Gasteiger charge is -2.33. The quantitative estimate of drug-likeness (QED) is 0.785. The Kier molecular flexibility index (Phi) is 4.05. The molecule has 1 aromatic rings. The number of nitrogens with zero attached hydrogens (tertiary/aromatic N) is 1. The predicted molar refractivity (Wildman–Crippen MR) is 75.3 cm³/mol. The van der Waals surface area contributed by atoms with Crippen LogP contribution < -0.4 is 4.90 Å². The average Bonchev–Trinajstić information content (AvgIpc) is 2.46. The normalized spacial score (nSPS) is 22.5. The lowest BCUT2D eigenvalue weighted by Crippen LogP contribution is -2.47. The molecule has 3 rings (SSSR count). The number of hydrogen-bond acceptors (Lipinski definition) is 3. The SMILES string of the molecule is O=C(C1COCCO1)N1CCCc2cc(Br)cc(F)c21. The maximum atomic E-state index is 14.2. The van der Waals surface area contributed by atoms with Gasteiger partial charge in [-0.15, -0.1) is 0 Å². The molecular weight excluding hydrogens is 329 g/mol. The van der Waals surface area contributed by atoms with Crippen LogP contribution in [0.2, 0.25) is 0 Å². The Labute approximate surface area is 125 Å². The number of halogens is 2. The number of carbonyl (C=O) groups excluding carboxylic acids is 1. The van der Waals surface area contributed by atoms with Gasteiger partial charge in [0.05, 0.1) is 25.5 Å². The first-order valence-electron chi connectivity index (χ1n) is 6.65. The molecule has 0 spiro atoms. The molecule has 0 N–H and O–H groups in total. The van der Waals surface area contributed by atoms with E-state index in [0.717, 1.165) is 18.4 Å². The fourth-order valence-electron chi connectivity index (χ4n) is 2.68. The summed E-state index contributed by atoms with van der Waals surface area (Å²) in [5, 5.41) is 0. The number of ether oxygens (including phenoxy) is 2. The summed E-state index contributed by atoms with van der Waals surface area (Å²) >= 11 is 3.29. The highest BCUT2D eigenvalue weighted by Crippen LogP contribution is 2.33. The number of rotatable bonds is 1. The van der Waals surface area contributed by atoms with Gasteiger partial charge < -0.3 is 14.4 Å². The van der Waals surface area contributed by atoms with Crippen LogP contribution in [0, 0.1) is 5.82 Å². The number of aryl methyl sites for hydroxylation is 1. The summed E-state index contributed by atoms with van der Waals surface area (Å²) in [6.07, 6.45) is 0.970. The van der Waals surface area contributed by atoms with Gasteiger partial charge >= 0.3 is 0 Å². The van der Waals surface area contributed by atoms with E-state index in [-0.39, 0.29) is 18.3 Å². The number of hydrogen-bond donors (Lipinski definition) is 0. The lowest BCUT2D eigenvalue weighted by atomic mass is 10.0. The highest BCUT2D eigenvalue weighted by atomic mass is 79.9. The van der Waals surface area contributed by atoms with E-state index in [9.17, 15) is 9.18 Å². The zero-order chi connectivity index (χ0) is 14.1. The smallest absolute Gasteiger partial charge is 0.258 e. The van der Waals surface area contributed by atoms with Crippen molar-refractivity contribution in [1.82, 2.24) is 0 Å². The van der Waals surface area contributed by atoms with Gasteiger partial charge in [-0.1, -0.05) is 15.9 Å². The van der Waals surface area contributed by atoms with Gasteiger partial charge in [-0.3, -0.25) is 4.79 Å². The van der Waals surface area contributed by atoms with Crippen molar-refractivity contribution in [3.05, 3.63) is 28.0 Å². The Bertz CT molecular complexity index is 531. The number of benzene rings is 1. The maximum absolute atomic E-state index is 14.2. The standard InChI is InChI=1S/C14H15BrFNO3/c15-10-6-9-2-1-3-17(13(9)11(16)7-10)14(18)12-8-19-4-5-20-12/h6-7,12H,1-5,8H2. The van der Waals surface area contributed by atoms with E-state index in [1.807, 2.05) is 6.07 Å². The number of carbonyl (C=O) groups is 1. The molecule has 108 valence electrons. The monoisotopic (exact) mass is 343 g/mol. The fourth-order valence-corrected chi connectivity index (χ4v) is 3.15. The van der Waals surface area contributed by atoms with Gasteiger partial charge in [-0.2, -0.15) is 0 Å². The third kappa shape index (κ3) is 2.60. The van der Waals surface area contributed by atoms with Crippen LogP contribution in [-0.4, -0.2) is 38.4 Å². The molecule has 0 bridgehead atoms. The largest absolute Gasteiger partial charge is 0.376 e. The Morgan fingerprint density at radius 1 is 1.40 bits per heavy atom. The Hall–Kier alpha value is -0.980. The first-order chi connectivity index (χ1) is 9.66. The molecule has 1 saturated heterocycles. The Morgan fingerprint density at radius 3 is 3.00 bits per heavy atom. The van der Waals surface area contributed by atoms with Crippen LogP contribution in [0.3, 0.4) is 0 Å². The second kappa shape index (κ2) is 5.79. The molecule has 1 fully saturated rings. The van der Waals surface area contributed by atoms with E-state index < -0.39 is 6.10 Å². The molecule has 0 radical (unpaired) electrons. The zero-order valence-corrected chi connectivity index (χ0v) is 12.5. The topological polar surface area (TPSA) is 38.8 Å². The molecule has 2 aliphatic heterocycles. The van der Waals surface area contributed by atoms with Crippen LogP contribution in [0.4, 0.5) is 10.1 Å². The van der Waals surface area contributed by atoms with Crippen molar-refractivity contribution in [2.75, 3.05) is 31.3 Å². The van der Waals surface area contributed by atoms with Crippen LogP contribution in [0.15, 0.2) is 16.6 Å². The maximum Gasteiger partial charge on any atom is 0.258 e. The van der Waals surface area contributed by atoms with Crippen LogP contribution in [0.25, 0.3) is 0 Å². The van der Waals surface area contributed by atoms with Crippen molar-refractivity contribution >= 4 is 27.5 Å². The van der Waals surface area contributed by atoms with E-state index in [4.69, 9.17) is 9.47 Å². The number of amides is 1. The van der Waals surface area contributed by atoms with Crippen LogP contribution in [0.5, 0.6) is 0 Å². The Balaban J connectivity index is 1.91. The van der Waals surface area contributed by atoms with Gasteiger partial charge in [0.15, 0.2) is 6.10 Å². The van der Waals surface area contributed by atoms with Gasteiger partial charge in [0, 0.05) is 11.0 Å². The number of fused-ring (bicyclic) bond motifs is 1. The zero-order valence-electron chi connectivity index (χ0n) is 10.9. The Morgan fingerprint density at radius 2 is 2.25 bits per heavy atom.